The molecule has 3 aromatic rings. The van der Waals surface area contributed by atoms with Gasteiger partial charge in [-0.1, -0.05) is 30.3 Å². The lowest BCUT2D eigenvalue weighted by atomic mass is 10.1. The summed E-state index contributed by atoms with van der Waals surface area (Å²) in [4.78, 5) is 15.0. The first-order chi connectivity index (χ1) is 11.8. The number of rotatable bonds is 4. The summed E-state index contributed by atoms with van der Waals surface area (Å²) in [5.41, 5.74) is 5.04. The van der Waals surface area contributed by atoms with Gasteiger partial charge in [-0.25, -0.2) is 0 Å². The van der Waals surface area contributed by atoms with Crippen molar-refractivity contribution < 1.29 is 9.47 Å². The second-order valence-corrected chi connectivity index (χ2v) is 5.43. The molecular formula is C18H15N3O3. The van der Waals surface area contributed by atoms with Crippen LogP contribution >= 0.6 is 0 Å². The molecule has 0 atom stereocenters. The van der Waals surface area contributed by atoms with Gasteiger partial charge < -0.3 is 19.9 Å². The van der Waals surface area contributed by atoms with Crippen molar-refractivity contribution in [2.45, 2.75) is 6.54 Å². The number of nitrogens with one attached hydrogen (secondary N) is 2. The molecule has 6 nitrogen and oxygen atoms in total. The van der Waals surface area contributed by atoms with E-state index in [0.29, 0.717) is 29.1 Å². The van der Waals surface area contributed by atoms with Crippen LogP contribution in [-0.4, -0.2) is 18.0 Å². The monoisotopic (exact) mass is 321 g/mol. The molecule has 4 rings (SSSR count). The van der Waals surface area contributed by atoms with Crippen molar-refractivity contribution in [2.24, 2.45) is 5.10 Å². The summed E-state index contributed by atoms with van der Waals surface area (Å²) in [6.45, 7) is 0.801. The summed E-state index contributed by atoms with van der Waals surface area (Å²) >= 11 is 0. The second-order valence-electron chi connectivity index (χ2n) is 5.43. The first kappa shape index (κ1) is 14.3. The van der Waals surface area contributed by atoms with Gasteiger partial charge >= 0.3 is 0 Å². The van der Waals surface area contributed by atoms with Crippen LogP contribution in [0.3, 0.4) is 0 Å². The van der Waals surface area contributed by atoms with Gasteiger partial charge in [0, 0.05) is 11.5 Å². The quantitative estimate of drug-likeness (QED) is 0.571. The maximum atomic E-state index is 12.2. The fraction of sp³-hybridized carbons (Fsp3) is 0.111. The van der Waals surface area contributed by atoms with Crippen molar-refractivity contribution in [3.8, 4) is 11.5 Å². The molecule has 120 valence electrons. The van der Waals surface area contributed by atoms with Crippen LogP contribution in [-0.2, 0) is 6.54 Å². The van der Waals surface area contributed by atoms with E-state index >= 15 is 0 Å². The molecule has 24 heavy (non-hydrogen) atoms. The highest BCUT2D eigenvalue weighted by atomic mass is 16.7. The molecule has 0 unspecified atom stereocenters. The van der Waals surface area contributed by atoms with Crippen LogP contribution in [0.25, 0.3) is 10.9 Å². The van der Waals surface area contributed by atoms with E-state index in [-0.39, 0.29) is 12.4 Å². The molecule has 0 amide bonds. The number of hydrazone groups is 1. The van der Waals surface area contributed by atoms with Gasteiger partial charge in [0.15, 0.2) is 11.5 Å². The number of hydrogen-bond acceptors (Lipinski definition) is 5. The molecule has 1 aliphatic rings. The molecule has 0 bridgehead atoms. The molecule has 1 aliphatic heterocycles. The Kier molecular flexibility index (Phi) is 3.63. The molecule has 2 aromatic carbocycles. The summed E-state index contributed by atoms with van der Waals surface area (Å²) in [5.74, 6) is 1.32. The second kappa shape index (κ2) is 6.08. The third kappa shape index (κ3) is 2.81. The fourth-order valence-electron chi connectivity index (χ4n) is 2.56. The average Bonchev–Trinajstić information content (AvgIpc) is 3.05. The number of hydrogen-bond donors (Lipinski definition) is 2. The van der Waals surface area contributed by atoms with Crippen molar-refractivity contribution >= 4 is 17.1 Å². The molecule has 0 radical (unpaired) electrons. The Morgan fingerprint density at radius 1 is 1.12 bits per heavy atom. The Morgan fingerprint density at radius 2 is 1.92 bits per heavy atom. The van der Waals surface area contributed by atoms with Crippen LogP contribution in [0.4, 0.5) is 0 Å². The molecule has 0 fully saturated rings. The van der Waals surface area contributed by atoms with Crippen molar-refractivity contribution in [2.75, 3.05) is 6.79 Å². The van der Waals surface area contributed by atoms with Crippen LogP contribution < -0.4 is 20.5 Å². The van der Waals surface area contributed by atoms with E-state index in [1.807, 2.05) is 36.4 Å². The lowest BCUT2D eigenvalue weighted by molar-refractivity contribution is 0.174. The van der Waals surface area contributed by atoms with E-state index in [0.717, 1.165) is 10.9 Å². The molecule has 2 N–H and O–H groups in total. The highest BCUT2D eigenvalue weighted by Gasteiger charge is 2.15. The molecule has 0 saturated carbocycles. The van der Waals surface area contributed by atoms with Crippen molar-refractivity contribution in [1.29, 1.82) is 0 Å². The van der Waals surface area contributed by atoms with Gasteiger partial charge in [0.2, 0.25) is 6.79 Å². The van der Waals surface area contributed by atoms with Gasteiger partial charge in [-0.2, -0.15) is 5.10 Å². The number of ether oxygens (including phenoxy) is 2. The smallest absolute Gasteiger partial charge is 0.257 e. The SMILES string of the molecule is O=c1[nH]c2cc3c(cc2cc1C=NNCc1ccccc1)OCO3. The lowest BCUT2D eigenvalue weighted by Gasteiger charge is -2.03. The first-order valence-corrected chi connectivity index (χ1v) is 7.56. The zero-order valence-electron chi connectivity index (χ0n) is 12.8. The molecule has 0 saturated heterocycles. The Bertz CT molecular complexity index is 964. The zero-order valence-corrected chi connectivity index (χ0v) is 12.8. The normalized spacial score (nSPS) is 12.8. The van der Waals surface area contributed by atoms with Crippen LogP contribution in [0.1, 0.15) is 11.1 Å². The van der Waals surface area contributed by atoms with E-state index in [1.165, 1.54) is 6.21 Å². The standard InChI is InChI=1S/C18H15N3O3/c22-18-14(10-20-19-9-12-4-2-1-3-5-12)6-13-7-16-17(24-11-23-16)8-15(13)21-18/h1-8,10,19H,9,11H2,(H,21,22). The van der Waals surface area contributed by atoms with Gasteiger partial charge in [-0.15, -0.1) is 0 Å². The number of aromatic nitrogens is 1. The summed E-state index contributed by atoms with van der Waals surface area (Å²) in [7, 11) is 0. The Balaban J connectivity index is 1.55. The van der Waals surface area contributed by atoms with E-state index in [1.54, 1.807) is 12.1 Å². The predicted octanol–water partition coefficient (Wildman–Crippen LogP) is 2.38. The van der Waals surface area contributed by atoms with Crippen LogP contribution in [0.15, 0.2) is 58.4 Å². The summed E-state index contributed by atoms with van der Waals surface area (Å²) in [6.07, 6.45) is 1.52. The van der Waals surface area contributed by atoms with Crippen molar-refractivity contribution in [3.63, 3.8) is 0 Å². The third-order valence-electron chi connectivity index (χ3n) is 3.79. The summed E-state index contributed by atoms with van der Waals surface area (Å²) < 4.78 is 10.7. The summed E-state index contributed by atoms with van der Waals surface area (Å²) in [6, 6.07) is 15.3. The third-order valence-corrected chi connectivity index (χ3v) is 3.79. The first-order valence-electron chi connectivity index (χ1n) is 7.56. The molecular weight excluding hydrogens is 306 g/mol. The number of H-pyrrole nitrogens is 1. The highest BCUT2D eigenvalue weighted by molar-refractivity contribution is 5.89. The van der Waals surface area contributed by atoms with Gasteiger partial charge in [0.1, 0.15) is 0 Å². The maximum Gasteiger partial charge on any atom is 0.257 e. The highest BCUT2D eigenvalue weighted by Crippen LogP contribution is 2.35. The number of pyridine rings is 1. The number of nitrogens with zero attached hydrogens (tertiary/aromatic N) is 1. The lowest BCUT2D eigenvalue weighted by Crippen LogP contribution is -2.13. The maximum absolute atomic E-state index is 12.2. The predicted molar refractivity (Wildman–Crippen MR) is 91.6 cm³/mol. The Labute approximate surface area is 137 Å². The largest absolute Gasteiger partial charge is 0.454 e. The van der Waals surface area contributed by atoms with Crippen LogP contribution in [0, 0.1) is 0 Å². The van der Waals surface area contributed by atoms with Crippen LogP contribution in [0.5, 0.6) is 11.5 Å². The Hall–Kier alpha value is -3.28. The zero-order chi connectivity index (χ0) is 16.4. The van der Waals surface area contributed by atoms with Gasteiger partial charge in [-0.3, -0.25) is 4.79 Å². The minimum atomic E-state index is -0.202. The van der Waals surface area contributed by atoms with E-state index in [9.17, 15) is 4.79 Å². The van der Waals surface area contributed by atoms with Gasteiger partial charge in [0.25, 0.3) is 5.56 Å². The van der Waals surface area contributed by atoms with Gasteiger partial charge in [0.05, 0.1) is 23.8 Å². The molecule has 2 heterocycles. The molecule has 0 spiro atoms. The van der Waals surface area contributed by atoms with E-state index in [2.05, 4.69) is 15.5 Å². The average molecular weight is 321 g/mol. The molecule has 6 heteroatoms. The molecule has 1 aromatic heterocycles. The molecule has 0 aliphatic carbocycles. The van der Waals surface area contributed by atoms with Crippen LogP contribution in [0.2, 0.25) is 0 Å². The minimum Gasteiger partial charge on any atom is -0.454 e. The number of fused-ring (bicyclic) bond motifs is 2. The van der Waals surface area contributed by atoms with Crippen molar-refractivity contribution in [1.82, 2.24) is 10.4 Å². The topological polar surface area (TPSA) is 75.7 Å². The fourth-order valence-corrected chi connectivity index (χ4v) is 2.56. The number of benzene rings is 2. The van der Waals surface area contributed by atoms with Crippen molar-refractivity contribution in [3.05, 3.63) is 70.0 Å². The van der Waals surface area contributed by atoms with E-state index in [4.69, 9.17) is 9.47 Å². The number of aromatic amines is 1. The van der Waals surface area contributed by atoms with E-state index < -0.39 is 0 Å². The summed E-state index contributed by atoms with van der Waals surface area (Å²) in [5, 5.41) is 4.99. The Morgan fingerprint density at radius 3 is 2.75 bits per heavy atom. The minimum absolute atomic E-state index is 0.202. The van der Waals surface area contributed by atoms with Gasteiger partial charge in [-0.05, 0) is 17.7 Å².